The summed E-state index contributed by atoms with van der Waals surface area (Å²) in [4.78, 5) is 41.9. The Bertz CT molecular complexity index is 2100. The molecule has 0 heterocycles. The number of ether oxygens (including phenoxy) is 4. The van der Waals surface area contributed by atoms with E-state index in [-0.39, 0.29) is 25.2 Å². The quantitative estimate of drug-likeness (QED) is 0.0589. The summed E-state index contributed by atoms with van der Waals surface area (Å²) >= 11 is 0. The molecule has 0 fully saturated rings. The number of phenols is 1. The van der Waals surface area contributed by atoms with E-state index in [1.165, 1.54) is 46.2 Å². The lowest BCUT2D eigenvalue weighted by Gasteiger charge is -2.12. The molecule has 0 amide bonds. The Morgan fingerprint density at radius 1 is 0.457 bits per heavy atom. The predicted molar refractivity (Wildman–Crippen MR) is 404 cm³/mol. The van der Waals surface area contributed by atoms with Crippen LogP contribution in [0.2, 0.25) is 0 Å². The Morgan fingerprint density at radius 3 is 0.957 bits per heavy atom. The van der Waals surface area contributed by atoms with Crippen LogP contribution < -0.4 is 0 Å². The molecular weight excluding hydrogens is 1150 g/mol. The van der Waals surface area contributed by atoms with Crippen LogP contribution in [-0.2, 0) is 38.1 Å². The van der Waals surface area contributed by atoms with E-state index in [4.69, 9.17) is 20.1 Å². The van der Waals surface area contributed by atoms with Crippen molar-refractivity contribution in [1.82, 2.24) is 0 Å². The zero-order valence-electron chi connectivity index (χ0n) is 64.8. The van der Waals surface area contributed by atoms with Gasteiger partial charge in [-0.15, -0.1) is 0 Å². The Hall–Kier alpha value is -6.56. The average molecular weight is 1290 g/mol. The third-order valence-corrected chi connectivity index (χ3v) is 9.93. The standard InChI is InChI=1S/C8H14O3.2C8H10.C7H12O3.C7H12O2.C7H8O.C7H8.C6H10O2.C6H14.C5H12.C4H10.4C2H6/c1-4-7(9)5-11-8(10)6(2)3;1-7-3-5-8(2)6-4-7;1-7-4-3-5-8(2)6-7;1-3-6(8)5-10-7(9)4-2;1-4-5-9-7(8)6(2)3;1-6-2-4-7(8)5-3-6;1-7-5-3-2-4-6-7;1-3-5-8-6(7)4-2;1-5-6(2,3)4;1-4-5(2)3;1-4(2)3;4*1-2/h7,9H,2,4-5H2,1,3H3;2*3-6H,1-2H3;4,6,8H,2-3,5H2,1H3;2,4-5H2,1,3H3;2-5,8H,1H3;2-6H,1H3;4H,2-3,5H2,1H3;5H2,1-4H3;5H,4H2,1-3H3;4H,1-3H3;4*1-2H3. The maximum atomic E-state index is 10.7. The van der Waals surface area contributed by atoms with Crippen molar-refractivity contribution in [2.24, 2.45) is 17.3 Å². The zero-order chi connectivity index (χ0) is 74.6. The van der Waals surface area contributed by atoms with Crippen molar-refractivity contribution in [2.45, 2.75) is 258 Å². The molecule has 0 aliphatic carbocycles. The second-order valence-electron chi connectivity index (χ2n) is 21.9. The van der Waals surface area contributed by atoms with Gasteiger partial charge in [0.1, 0.15) is 19.0 Å². The number of carbonyl (C=O) groups excluding carboxylic acids is 4. The zero-order valence-corrected chi connectivity index (χ0v) is 64.8. The summed E-state index contributed by atoms with van der Waals surface area (Å²) in [6.45, 7) is 75.7. The highest BCUT2D eigenvalue weighted by Crippen LogP contribution is 2.16. The van der Waals surface area contributed by atoms with E-state index in [2.05, 4.69) is 205 Å². The predicted octanol–water partition coefficient (Wildman–Crippen LogP) is 22.6. The van der Waals surface area contributed by atoms with Gasteiger partial charge >= 0.3 is 23.9 Å². The summed E-state index contributed by atoms with van der Waals surface area (Å²) < 4.78 is 18.5. The number of aliphatic hydroxyl groups excluding tert-OH is 2. The molecule has 0 spiro atoms. The number of aromatic hydroxyl groups is 1. The SMILES string of the molecule is C=C(C)C(=O)OCC(O)CC.C=C(C)C(=O)OCCC.C=CC(=O)OCC(O)CC.C=CC(=O)OCCC.CC.CC.CC.CC.CC(C)C.CCC(C)(C)C.CCC(C)C.Cc1ccc(C)cc1.Cc1ccc(O)cc1.Cc1cccc(C)c1.Cc1ccccc1. The monoisotopic (exact) mass is 1290 g/mol. The van der Waals surface area contributed by atoms with E-state index in [1.807, 2.05) is 120 Å². The van der Waals surface area contributed by atoms with E-state index < -0.39 is 24.1 Å². The molecule has 534 valence electrons. The molecule has 0 aliphatic heterocycles. The second-order valence-corrected chi connectivity index (χ2v) is 21.9. The third kappa shape index (κ3) is 114. The van der Waals surface area contributed by atoms with Crippen molar-refractivity contribution in [1.29, 1.82) is 0 Å². The van der Waals surface area contributed by atoms with E-state index in [9.17, 15) is 19.2 Å². The van der Waals surface area contributed by atoms with Crippen molar-refractivity contribution in [3.63, 3.8) is 0 Å². The van der Waals surface area contributed by atoms with Crippen LogP contribution in [0.5, 0.6) is 5.75 Å². The number of esters is 4. The highest BCUT2D eigenvalue weighted by atomic mass is 16.5. The van der Waals surface area contributed by atoms with Gasteiger partial charge in [0, 0.05) is 23.3 Å². The van der Waals surface area contributed by atoms with Gasteiger partial charge in [-0.3, -0.25) is 0 Å². The van der Waals surface area contributed by atoms with Crippen LogP contribution in [0.15, 0.2) is 153 Å². The molecule has 4 aromatic rings. The molecule has 2 unspecified atom stereocenters. The lowest BCUT2D eigenvalue weighted by Crippen LogP contribution is -2.17. The first-order valence-electron chi connectivity index (χ1n) is 33.5. The summed E-state index contributed by atoms with van der Waals surface area (Å²) in [6.07, 6.45) is 6.60. The second kappa shape index (κ2) is 84.4. The number of benzene rings is 4. The van der Waals surface area contributed by atoms with Gasteiger partial charge in [0.25, 0.3) is 0 Å². The summed E-state index contributed by atoms with van der Waals surface area (Å²) in [5.41, 5.74) is 9.18. The van der Waals surface area contributed by atoms with E-state index in [1.54, 1.807) is 26.0 Å². The van der Waals surface area contributed by atoms with Crippen LogP contribution in [-0.4, -0.2) is 77.8 Å². The molecule has 4 aromatic carbocycles. The van der Waals surface area contributed by atoms with Crippen LogP contribution in [0.3, 0.4) is 0 Å². The normalized spacial score (nSPS) is 9.37. The van der Waals surface area contributed by atoms with Gasteiger partial charge in [0.2, 0.25) is 0 Å². The number of aliphatic hydroxyl groups is 2. The maximum Gasteiger partial charge on any atom is 0.333 e. The molecule has 0 aromatic heterocycles. The minimum Gasteiger partial charge on any atom is -0.508 e. The lowest BCUT2D eigenvalue weighted by molar-refractivity contribution is -0.142. The fourth-order valence-corrected chi connectivity index (χ4v) is 3.87. The Balaban J connectivity index is -0.0000000867. The largest absolute Gasteiger partial charge is 0.508 e. The molecule has 0 bridgehead atoms. The van der Waals surface area contributed by atoms with Gasteiger partial charge in [0.05, 0.1) is 25.4 Å². The molecule has 0 saturated carbocycles. The van der Waals surface area contributed by atoms with Gasteiger partial charge in [-0.25, -0.2) is 19.2 Å². The van der Waals surface area contributed by atoms with Crippen molar-refractivity contribution < 1.29 is 53.4 Å². The number of hydrogen-bond acceptors (Lipinski definition) is 11. The highest BCUT2D eigenvalue weighted by molar-refractivity contribution is 5.87. The number of aryl methyl sites for hydroxylation is 6. The van der Waals surface area contributed by atoms with E-state index >= 15 is 0 Å². The summed E-state index contributed by atoms with van der Waals surface area (Å²) in [7, 11) is 0. The first kappa shape index (κ1) is 110. The van der Waals surface area contributed by atoms with Gasteiger partial charge < -0.3 is 34.3 Å². The first-order valence-corrected chi connectivity index (χ1v) is 33.5. The minimum atomic E-state index is -0.557. The maximum absolute atomic E-state index is 10.7. The molecule has 0 aliphatic rings. The summed E-state index contributed by atoms with van der Waals surface area (Å²) in [6, 6.07) is 34.3. The first-order chi connectivity index (χ1) is 43.1. The molecule has 11 heteroatoms. The van der Waals surface area contributed by atoms with Gasteiger partial charge in [0.15, 0.2) is 0 Å². The highest BCUT2D eigenvalue weighted by Gasteiger charge is 2.07. The van der Waals surface area contributed by atoms with Gasteiger partial charge in [-0.2, -0.15) is 0 Å². The number of hydrogen-bond donors (Lipinski definition) is 3. The topological polar surface area (TPSA) is 166 Å². The molecule has 0 radical (unpaired) electrons. The van der Waals surface area contributed by atoms with Crippen molar-refractivity contribution in [2.75, 3.05) is 26.4 Å². The smallest absolute Gasteiger partial charge is 0.333 e. The molecular formula is C81H144O11. The molecule has 0 saturated heterocycles. The molecule has 92 heavy (non-hydrogen) atoms. The number of phenolic OH excluding ortho intramolecular Hbond substituents is 1. The van der Waals surface area contributed by atoms with Crippen LogP contribution in [0.25, 0.3) is 0 Å². The molecule has 2 atom stereocenters. The Kier molecular flexibility index (Phi) is 101. The molecule has 11 nitrogen and oxygen atoms in total. The fraction of sp³-hybridized carbons (Fsp3) is 0.556. The average Bonchev–Trinajstić information content (AvgIpc) is 3.77. The van der Waals surface area contributed by atoms with Crippen LogP contribution >= 0.6 is 0 Å². The van der Waals surface area contributed by atoms with Crippen LogP contribution in [0, 0.1) is 58.8 Å². The van der Waals surface area contributed by atoms with Crippen LogP contribution in [0.1, 0.15) is 238 Å². The van der Waals surface area contributed by atoms with Crippen molar-refractivity contribution in [3.8, 4) is 5.75 Å². The summed E-state index contributed by atoms with van der Waals surface area (Å²) in [5, 5.41) is 26.6. The summed E-state index contributed by atoms with van der Waals surface area (Å²) in [5.74, 6) is 0.472. The van der Waals surface area contributed by atoms with Gasteiger partial charge in [-0.05, 0) is 110 Å². The van der Waals surface area contributed by atoms with Crippen molar-refractivity contribution >= 4 is 23.9 Å². The molecule has 4 rings (SSSR count). The van der Waals surface area contributed by atoms with Crippen LogP contribution in [0.4, 0.5) is 0 Å². The lowest BCUT2D eigenvalue weighted by atomic mass is 9.94. The minimum absolute atomic E-state index is 0.0569. The number of rotatable bonds is 15. The number of carbonyl (C=O) groups is 4. The van der Waals surface area contributed by atoms with E-state index in [0.29, 0.717) is 48.4 Å². The van der Waals surface area contributed by atoms with Gasteiger partial charge in [-0.1, -0.05) is 316 Å². The fourth-order valence-electron chi connectivity index (χ4n) is 3.87. The van der Waals surface area contributed by atoms with Crippen molar-refractivity contribution in [3.05, 3.63) is 186 Å². The Morgan fingerprint density at radius 2 is 0.728 bits per heavy atom. The Labute approximate surface area is 568 Å². The van der Waals surface area contributed by atoms with E-state index in [0.717, 1.165) is 36.8 Å². The molecule has 3 N–H and O–H groups in total. The third-order valence-electron chi connectivity index (χ3n) is 9.93.